The highest BCUT2D eigenvalue weighted by Crippen LogP contribution is 2.34. The van der Waals surface area contributed by atoms with Crippen LogP contribution in [0.15, 0.2) is 97.1 Å². The normalized spacial score (nSPS) is 10.8. The van der Waals surface area contributed by atoms with Crippen LogP contribution in [0, 0.1) is 13.8 Å². The van der Waals surface area contributed by atoms with E-state index in [-0.39, 0.29) is 6.73 Å². The first-order chi connectivity index (χ1) is 17.1. The average Bonchev–Trinajstić information content (AvgIpc) is 2.89. The number of anilines is 4. The van der Waals surface area contributed by atoms with Crippen LogP contribution in [-0.4, -0.2) is 13.8 Å². The van der Waals surface area contributed by atoms with Crippen molar-refractivity contribution in [1.82, 2.24) is 5.48 Å². The molecule has 4 rings (SSSR count). The van der Waals surface area contributed by atoms with Crippen molar-refractivity contribution in [3.05, 3.63) is 119 Å². The maximum absolute atomic E-state index is 5.25. The van der Waals surface area contributed by atoms with Crippen LogP contribution in [-0.2, 0) is 22.5 Å². The van der Waals surface area contributed by atoms with E-state index in [1.807, 2.05) is 12.1 Å². The van der Waals surface area contributed by atoms with Crippen molar-refractivity contribution in [3.8, 4) is 0 Å². The molecule has 35 heavy (non-hydrogen) atoms. The van der Waals surface area contributed by atoms with Crippen molar-refractivity contribution in [2.75, 3.05) is 24.2 Å². The minimum Gasteiger partial charge on any atom is -0.311 e. The van der Waals surface area contributed by atoms with Crippen molar-refractivity contribution in [3.63, 3.8) is 0 Å². The topological polar surface area (TPSA) is 45.8 Å². The zero-order valence-electron chi connectivity index (χ0n) is 20.6. The molecule has 0 aliphatic carbocycles. The molecule has 5 heteroatoms. The zero-order valence-corrected chi connectivity index (χ0v) is 20.6. The van der Waals surface area contributed by atoms with Crippen molar-refractivity contribution in [2.45, 2.75) is 26.7 Å². The second-order valence-electron chi connectivity index (χ2n) is 8.61. The Morgan fingerprint density at radius 2 is 1.03 bits per heavy atom. The minimum atomic E-state index is 0.263. The highest BCUT2D eigenvalue weighted by Gasteiger charge is 2.12. The maximum Gasteiger partial charge on any atom is 0.147 e. The average molecular weight is 468 g/mol. The third kappa shape index (κ3) is 6.93. The van der Waals surface area contributed by atoms with Gasteiger partial charge in [0.1, 0.15) is 6.73 Å². The van der Waals surface area contributed by atoms with Gasteiger partial charge in [-0.2, -0.15) is 5.48 Å². The summed E-state index contributed by atoms with van der Waals surface area (Å²) in [4.78, 5) is 12.3. The standard InChI is InChI=1S/C30H33N3O2/c1-23-4-16-28(17-5-23)33(29-18-6-24(2)7-19-29)30-20-12-26(13-21-30)9-8-25-10-14-27(15-11-25)32-35-22-31-34-3/h4-7,10-21,31-32H,8-9,22H2,1-3H3. The summed E-state index contributed by atoms with van der Waals surface area (Å²) >= 11 is 0. The summed E-state index contributed by atoms with van der Waals surface area (Å²) in [5.41, 5.74) is 15.0. The molecule has 0 atom stereocenters. The Kier molecular flexibility index (Phi) is 8.52. The molecule has 180 valence electrons. The number of aryl methyl sites for hydroxylation is 4. The monoisotopic (exact) mass is 467 g/mol. The fourth-order valence-electron chi connectivity index (χ4n) is 3.88. The van der Waals surface area contributed by atoms with E-state index in [4.69, 9.17) is 9.68 Å². The minimum absolute atomic E-state index is 0.263. The van der Waals surface area contributed by atoms with E-state index in [0.29, 0.717) is 0 Å². The van der Waals surface area contributed by atoms with Crippen LogP contribution < -0.4 is 15.9 Å². The molecule has 0 radical (unpaired) electrons. The van der Waals surface area contributed by atoms with Crippen LogP contribution in [0.4, 0.5) is 22.7 Å². The Bertz CT molecular complexity index is 1130. The van der Waals surface area contributed by atoms with Crippen LogP contribution in [0.25, 0.3) is 0 Å². The lowest BCUT2D eigenvalue weighted by Crippen LogP contribution is -2.18. The molecule has 0 aliphatic rings. The molecule has 4 aromatic carbocycles. The zero-order chi connectivity index (χ0) is 24.5. The van der Waals surface area contributed by atoms with Crippen molar-refractivity contribution < 1.29 is 9.68 Å². The quantitative estimate of drug-likeness (QED) is 0.141. The third-order valence-corrected chi connectivity index (χ3v) is 5.90. The maximum atomic E-state index is 5.25. The molecule has 4 aromatic rings. The van der Waals surface area contributed by atoms with E-state index in [0.717, 1.165) is 35.6 Å². The van der Waals surface area contributed by atoms with E-state index >= 15 is 0 Å². The molecular formula is C30H33N3O2. The summed E-state index contributed by atoms with van der Waals surface area (Å²) in [7, 11) is 1.55. The van der Waals surface area contributed by atoms with Gasteiger partial charge in [-0.25, -0.2) is 0 Å². The van der Waals surface area contributed by atoms with Gasteiger partial charge in [0.25, 0.3) is 0 Å². The van der Waals surface area contributed by atoms with E-state index < -0.39 is 0 Å². The fourth-order valence-corrected chi connectivity index (χ4v) is 3.88. The first-order valence-corrected chi connectivity index (χ1v) is 11.9. The summed E-state index contributed by atoms with van der Waals surface area (Å²) in [6, 6.07) is 34.6. The highest BCUT2D eigenvalue weighted by atomic mass is 16.7. The molecule has 0 aliphatic heterocycles. The van der Waals surface area contributed by atoms with Gasteiger partial charge < -0.3 is 9.74 Å². The first kappa shape index (κ1) is 24.5. The number of rotatable bonds is 11. The highest BCUT2D eigenvalue weighted by molar-refractivity contribution is 5.76. The van der Waals surface area contributed by atoms with Gasteiger partial charge in [0.05, 0.1) is 12.8 Å². The van der Waals surface area contributed by atoms with Gasteiger partial charge in [0.2, 0.25) is 0 Å². The van der Waals surface area contributed by atoms with Crippen LogP contribution in [0.1, 0.15) is 22.3 Å². The Morgan fingerprint density at radius 1 is 0.600 bits per heavy atom. The summed E-state index contributed by atoms with van der Waals surface area (Å²) in [6.45, 7) is 4.50. The SMILES string of the molecule is CONCONc1ccc(CCc2ccc(N(c3ccc(C)cc3)c3ccc(C)cc3)cc2)cc1. The van der Waals surface area contributed by atoms with Gasteiger partial charge in [0.15, 0.2) is 0 Å². The van der Waals surface area contributed by atoms with Gasteiger partial charge >= 0.3 is 0 Å². The summed E-state index contributed by atoms with van der Waals surface area (Å²) in [5.74, 6) is 0. The first-order valence-electron chi connectivity index (χ1n) is 11.9. The van der Waals surface area contributed by atoms with Crippen LogP contribution in [0.2, 0.25) is 0 Å². The predicted octanol–water partition coefficient (Wildman–Crippen LogP) is 7.01. The lowest BCUT2D eigenvalue weighted by Gasteiger charge is -2.26. The second-order valence-corrected chi connectivity index (χ2v) is 8.61. The van der Waals surface area contributed by atoms with Crippen LogP contribution in [0.5, 0.6) is 0 Å². The van der Waals surface area contributed by atoms with Crippen molar-refractivity contribution >= 4 is 22.7 Å². The molecule has 0 spiro atoms. The van der Waals surface area contributed by atoms with Crippen molar-refractivity contribution in [1.29, 1.82) is 0 Å². The van der Waals surface area contributed by atoms with E-state index in [1.165, 1.54) is 22.3 Å². The lowest BCUT2D eigenvalue weighted by atomic mass is 10.0. The number of benzene rings is 4. The van der Waals surface area contributed by atoms with Gasteiger partial charge in [-0.3, -0.25) is 10.3 Å². The molecular weight excluding hydrogens is 434 g/mol. The molecule has 0 saturated carbocycles. The number of nitrogens with one attached hydrogen (secondary N) is 2. The molecule has 0 aromatic heterocycles. The third-order valence-electron chi connectivity index (χ3n) is 5.90. The van der Waals surface area contributed by atoms with Crippen molar-refractivity contribution in [2.24, 2.45) is 0 Å². The van der Waals surface area contributed by atoms with Gasteiger partial charge in [-0.15, -0.1) is 0 Å². The molecule has 5 nitrogen and oxygen atoms in total. The Morgan fingerprint density at radius 3 is 1.49 bits per heavy atom. The van der Waals surface area contributed by atoms with Crippen LogP contribution in [0.3, 0.4) is 0 Å². The summed E-state index contributed by atoms with van der Waals surface area (Å²) in [5, 5.41) is 0. The van der Waals surface area contributed by atoms with Gasteiger partial charge in [-0.1, -0.05) is 59.7 Å². The lowest BCUT2D eigenvalue weighted by molar-refractivity contribution is 0.0111. The number of hydrogen-bond donors (Lipinski definition) is 2. The molecule has 0 unspecified atom stereocenters. The molecule has 0 amide bonds. The molecule has 0 bridgehead atoms. The number of hydroxylamine groups is 1. The predicted molar refractivity (Wildman–Crippen MR) is 144 cm³/mol. The van der Waals surface area contributed by atoms with E-state index in [9.17, 15) is 0 Å². The molecule has 0 heterocycles. The van der Waals surface area contributed by atoms with Crippen LogP contribution >= 0.6 is 0 Å². The molecule has 0 saturated heterocycles. The summed E-state index contributed by atoms with van der Waals surface area (Å²) in [6.07, 6.45) is 1.96. The van der Waals surface area contributed by atoms with E-state index in [2.05, 4.69) is 115 Å². The van der Waals surface area contributed by atoms with Gasteiger partial charge in [0, 0.05) is 17.1 Å². The Hall–Kier alpha value is -3.64. The molecule has 2 N–H and O–H groups in total. The number of hydrogen-bond acceptors (Lipinski definition) is 5. The summed E-state index contributed by atoms with van der Waals surface area (Å²) < 4.78 is 0. The largest absolute Gasteiger partial charge is 0.311 e. The van der Waals surface area contributed by atoms with E-state index in [1.54, 1.807) is 7.11 Å². The number of nitrogens with zero attached hydrogens (tertiary/aromatic N) is 1. The Balaban J connectivity index is 1.42. The fraction of sp³-hybridized carbons (Fsp3) is 0.200. The molecule has 0 fully saturated rings. The Labute approximate surface area is 208 Å². The van der Waals surface area contributed by atoms with Gasteiger partial charge in [-0.05, 0) is 86.3 Å². The smallest absolute Gasteiger partial charge is 0.147 e. The second kappa shape index (κ2) is 12.2.